The Balaban J connectivity index is 2.43. The second-order valence-electron chi connectivity index (χ2n) is 4.57. The standard InChI is InChI=1S/C16H18BrFN2O/c1-2-21-16(11-7-4-3-5-8-11)15(20-19)12-9-6-10-13(17)14(12)18/h3-10,15-16,20H,2,19H2,1H3. The molecule has 0 heterocycles. The van der Waals surface area contributed by atoms with Gasteiger partial charge in [0.15, 0.2) is 0 Å². The summed E-state index contributed by atoms with van der Waals surface area (Å²) in [5.74, 6) is 5.35. The predicted octanol–water partition coefficient (Wildman–Crippen LogP) is 3.87. The first-order chi connectivity index (χ1) is 10.2. The lowest BCUT2D eigenvalue weighted by Crippen LogP contribution is -2.34. The van der Waals surface area contributed by atoms with Gasteiger partial charge >= 0.3 is 0 Å². The summed E-state index contributed by atoms with van der Waals surface area (Å²) in [4.78, 5) is 0. The maximum Gasteiger partial charge on any atom is 0.142 e. The van der Waals surface area contributed by atoms with Gasteiger partial charge < -0.3 is 4.74 Å². The first-order valence-electron chi connectivity index (χ1n) is 6.75. The summed E-state index contributed by atoms with van der Waals surface area (Å²) in [5, 5.41) is 0. The van der Waals surface area contributed by atoms with Crippen molar-refractivity contribution in [2.45, 2.75) is 19.1 Å². The second-order valence-corrected chi connectivity index (χ2v) is 5.43. The summed E-state index contributed by atoms with van der Waals surface area (Å²) in [6.07, 6.45) is -0.370. The molecule has 112 valence electrons. The molecule has 0 aromatic heterocycles. The largest absolute Gasteiger partial charge is 0.372 e. The molecule has 0 aliphatic rings. The van der Waals surface area contributed by atoms with Gasteiger partial charge in [0.1, 0.15) is 11.9 Å². The normalized spacial score (nSPS) is 13.9. The minimum absolute atomic E-state index is 0.332. The summed E-state index contributed by atoms with van der Waals surface area (Å²) in [7, 11) is 0. The van der Waals surface area contributed by atoms with Crippen LogP contribution in [-0.2, 0) is 4.74 Å². The average molecular weight is 353 g/mol. The van der Waals surface area contributed by atoms with E-state index in [-0.39, 0.29) is 11.9 Å². The Morgan fingerprint density at radius 3 is 2.52 bits per heavy atom. The molecule has 0 saturated carbocycles. The first-order valence-corrected chi connectivity index (χ1v) is 7.55. The van der Waals surface area contributed by atoms with Crippen LogP contribution >= 0.6 is 15.9 Å². The highest BCUT2D eigenvalue weighted by Gasteiger charge is 2.27. The van der Waals surface area contributed by atoms with Crippen LogP contribution in [0.5, 0.6) is 0 Å². The van der Waals surface area contributed by atoms with E-state index in [0.717, 1.165) is 5.56 Å². The molecule has 0 spiro atoms. The zero-order valence-electron chi connectivity index (χ0n) is 11.7. The maximum absolute atomic E-state index is 14.4. The van der Waals surface area contributed by atoms with Crippen molar-refractivity contribution in [2.75, 3.05) is 6.61 Å². The van der Waals surface area contributed by atoms with E-state index in [0.29, 0.717) is 16.6 Å². The van der Waals surface area contributed by atoms with E-state index in [2.05, 4.69) is 21.4 Å². The third-order valence-electron chi connectivity index (χ3n) is 3.27. The molecule has 2 rings (SSSR count). The van der Waals surface area contributed by atoms with E-state index in [1.807, 2.05) is 37.3 Å². The fraction of sp³-hybridized carbons (Fsp3) is 0.250. The van der Waals surface area contributed by atoms with Crippen molar-refractivity contribution in [3.8, 4) is 0 Å². The van der Waals surface area contributed by atoms with Crippen molar-refractivity contribution in [1.82, 2.24) is 5.43 Å². The molecule has 3 nitrogen and oxygen atoms in total. The lowest BCUT2D eigenvalue weighted by atomic mass is 9.95. The summed E-state index contributed by atoms with van der Waals surface area (Å²) >= 11 is 3.20. The van der Waals surface area contributed by atoms with Crippen molar-refractivity contribution in [2.24, 2.45) is 5.84 Å². The van der Waals surface area contributed by atoms with Crippen LogP contribution in [0.1, 0.15) is 30.2 Å². The van der Waals surface area contributed by atoms with Gasteiger partial charge in [-0.15, -0.1) is 0 Å². The molecule has 21 heavy (non-hydrogen) atoms. The SMILES string of the molecule is CCOC(c1ccccc1)C(NN)c1cccc(Br)c1F. The molecule has 0 bridgehead atoms. The van der Waals surface area contributed by atoms with E-state index in [4.69, 9.17) is 10.6 Å². The van der Waals surface area contributed by atoms with Gasteiger partial charge in [-0.3, -0.25) is 5.84 Å². The van der Waals surface area contributed by atoms with Crippen LogP contribution in [0.4, 0.5) is 4.39 Å². The third-order valence-corrected chi connectivity index (χ3v) is 3.89. The van der Waals surface area contributed by atoms with Crippen molar-refractivity contribution in [3.63, 3.8) is 0 Å². The summed E-state index contributed by atoms with van der Waals surface area (Å²) in [6, 6.07) is 14.3. The fourth-order valence-corrected chi connectivity index (χ4v) is 2.69. The highest BCUT2D eigenvalue weighted by atomic mass is 79.9. The number of ether oxygens (including phenoxy) is 1. The van der Waals surface area contributed by atoms with Crippen LogP contribution in [0, 0.1) is 5.82 Å². The summed E-state index contributed by atoms with van der Waals surface area (Å²) in [5.41, 5.74) is 4.10. The van der Waals surface area contributed by atoms with Crippen LogP contribution in [0.25, 0.3) is 0 Å². The zero-order chi connectivity index (χ0) is 15.2. The zero-order valence-corrected chi connectivity index (χ0v) is 13.3. The van der Waals surface area contributed by atoms with E-state index >= 15 is 0 Å². The number of nitrogens with one attached hydrogen (secondary N) is 1. The van der Waals surface area contributed by atoms with E-state index in [1.54, 1.807) is 18.2 Å². The Morgan fingerprint density at radius 1 is 1.19 bits per heavy atom. The van der Waals surface area contributed by atoms with Gasteiger partial charge in [-0.2, -0.15) is 0 Å². The molecule has 2 aromatic rings. The van der Waals surface area contributed by atoms with Crippen LogP contribution in [0.3, 0.4) is 0 Å². The Bertz CT molecular complexity index is 580. The Morgan fingerprint density at radius 2 is 1.90 bits per heavy atom. The van der Waals surface area contributed by atoms with Crippen molar-refractivity contribution < 1.29 is 9.13 Å². The molecule has 5 heteroatoms. The molecule has 2 aromatic carbocycles. The molecule has 0 fully saturated rings. The number of benzene rings is 2. The van der Waals surface area contributed by atoms with E-state index in [9.17, 15) is 4.39 Å². The van der Waals surface area contributed by atoms with E-state index in [1.165, 1.54) is 0 Å². The molecular formula is C16H18BrFN2O. The lowest BCUT2D eigenvalue weighted by Gasteiger charge is -2.27. The molecule has 0 saturated heterocycles. The van der Waals surface area contributed by atoms with Gasteiger partial charge in [0, 0.05) is 12.2 Å². The smallest absolute Gasteiger partial charge is 0.142 e. The molecule has 0 aliphatic carbocycles. The number of hydrogen-bond acceptors (Lipinski definition) is 3. The number of halogens is 2. The molecule has 2 atom stereocenters. The highest BCUT2D eigenvalue weighted by molar-refractivity contribution is 9.10. The molecule has 0 amide bonds. The van der Waals surface area contributed by atoms with E-state index < -0.39 is 6.04 Å². The van der Waals surface area contributed by atoms with Gasteiger partial charge in [-0.25, -0.2) is 9.82 Å². The van der Waals surface area contributed by atoms with Crippen LogP contribution in [0.2, 0.25) is 0 Å². The van der Waals surface area contributed by atoms with Crippen LogP contribution in [-0.4, -0.2) is 6.61 Å². The first kappa shape index (κ1) is 16.1. The fourth-order valence-electron chi connectivity index (χ4n) is 2.31. The van der Waals surface area contributed by atoms with Gasteiger partial charge in [-0.05, 0) is 34.5 Å². The van der Waals surface area contributed by atoms with Crippen molar-refractivity contribution in [1.29, 1.82) is 0 Å². The predicted molar refractivity (Wildman–Crippen MR) is 85.0 cm³/mol. The molecule has 3 N–H and O–H groups in total. The van der Waals surface area contributed by atoms with Gasteiger partial charge in [-0.1, -0.05) is 42.5 Å². The Kier molecular flexibility index (Phi) is 5.87. The van der Waals surface area contributed by atoms with Crippen molar-refractivity contribution >= 4 is 15.9 Å². The van der Waals surface area contributed by atoms with Crippen LogP contribution < -0.4 is 11.3 Å². The molecule has 0 radical (unpaired) electrons. The number of hydrazine groups is 1. The lowest BCUT2D eigenvalue weighted by molar-refractivity contribution is 0.0317. The van der Waals surface area contributed by atoms with Crippen molar-refractivity contribution in [3.05, 3.63) is 69.9 Å². The summed E-state index contributed by atoms with van der Waals surface area (Å²) < 4.78 is 20.6. The quantitative estimate of drug-likeness (QED) is 0.612. The third kappa shape index (κ3) is 3.68. The topological polar surface area (TPSA) is 47.3 Å². The monoisotopic (exact) mass is 352 g/mol. The highest BCUT2D eigenvalue weighted by Crippen LogP contribution is 2.34. The molecule has 2 unspecified atom stereocenters. The Labute approximate surface area is 132 Å². The number of rotatable bonds is 6. The van der Waals surface area contributed by atoms with Gasteiger partial charge in [0.25, 0.3) is 0 Å². The summed E-state index contributed by atoms with van der Waals surface area (Å²) in [6.45, 7) is 2.41. The number of nitrogens with two attached hydrogens (primary N) is 1. The minimum atomic E-state index is -0.482. The average Bonchev–Trinajstić information content (AvgIpc) is 2.52. The van der Waals surface area contributed by atoms with Gasteiger partial charge in [0.05, 0.1) is 10.5 Å². The Hall–Kier alpha value is -1.27. The van der Waals surface area contributed by atoms with Gasteiger partial charge in [0.2, 0.25) is 0 Å². The minimum Gasteiger partial charge on any atom is -0.372 e. The molecule has 0 aliphatic heterocycles. The number of hydrogen-bond donors (Lipinski definition) is 2. The maximum atomic E-state index is 14.4. The molecular weight excluding hydrogens is 335 g/mol. The second kappa shape index (κ2) is 7.66. The van der Waals surface area contributed by atoms with Crippen LogP contribution in [0.15, 0.2) is 53.0 Å².